The van der Waals surface area contributed by atoms with Gasteiger partial charge in [-0.3, -0.25) is 9.59 Å². The van der Waals surface area contributed by atoms with Crippen LogP contribution < -0.4 is 5.73 Å². The molecule has 0 saturated carbocycles. The van der Waals surface area contributed by atoms with Crippen molar-refractivity contribution in [3.05, 3.63) is 47.8 Å². The molecule has 0 bridgehead atoms. The fourth-order valence-electron chi connectivity index (χ4n) is 2.00. The molecule has 2 rings (SSSR count). The smallest absolute Gasteiger partial charge is 0.329 e. The molecule has 2 amide bonds. The number of likely N-dealkylation sites (N-methyl/N-ethyl adjacent to an activating group) is 1. The second-order valence-corrected chi connectivity index (χ2v) is 5.75. The third kappa shape index (κ3) is 2.98. The number of para-hydroxylation sites is 1. The van der Waals surface area contributed by atoms with Crippen molar-refractivity contribution >= 4 is 17.8 Å². The van der Waals surface area contributed by atoms with Gasteiger partial charge in [0.2, 0.25) is 0 Å². The molecule has 0 fully saturated rings. The van der Waals surface area contributed by atoms with E-state index in [4.69, 9.17) is 5.73 Å². The minimum atomic E-state index is -1.43. The molecule has 0 spiro atoms. The first-order valence-corrected chi connectivity index (χ1v) is 7.13. The van der Waals surface area contributed by atoms with Crippen LogP contribution in [0.3, 0.4) is 0 Å². The Morgan fingerprint density at radius 1 is 1.21 bits per heavy atom. The highest BCUT2D eigenvalue weighted by Crippen LogP contribution is 2.18. The number of carbonyl (C=O) groups is 3. The molecule has 8 heteroatoms. The molecule has 1 heterocycles. The molecule has 8 nitrogen and oxygen atoms in total. The number of amides is 2. The molecule has 0 aliphatic heterocycles. The summed E-state index contributed by atoms with van der Waals surface area (Å²) in [6.45, 7) is 2.80. The van der Waals surface area contributed by atoms with E-state index in [0.717, 1.165) is 4.90 Å². The van der Waals surface area contributed by atoms with E-state index in [0.29, 0.717) is 5.69 Å². The zero-order valence-electron chi connectivity index (χ0n) is 13.6. The van der Waals surface area contributed by atoms with E-state index in [2.05, 4.69) is 5.10 Å². The monoisotopic (exact) mass is 330 g/mol. The van der Waals surface area contributed by atoms with Crippen LogP contribution in [0.5, 0.6) is 0 Å². The fourth-order valence-corrected chi connectivity index (χ4v) is 2.00. The lowest BCUT2D eigenvalue weighted by molar-refractivity contribution is -0.147. The minimum absolute atomic E-state index is 0.0334. The van der Waals surface area contributed by atoms with Crippen LogP contribution >= 0.6 is 0 Å². The lowest BCUT2D eigenvalue weighted by atomic mass is 10.0. The molecule has 0 unspecified atom stereocenters. The van der Waals surface area contributed by atoms with Gasteiger partial charge in [-0.1, -0.05) is 18.2 Å². The molecule has 24 heavy (non-hydrogen) atoms. The maximum atomic E-state index is 12.5. The average molecular weight is 330 g/mol. The van der Waals surface area contributed by atoms with Crippen LogP contribution in [0.2, 0.25) is 0 Å². The summed E-state index contributed by atoms with van der Waals surface area (Å²) in [6.07, 6.45) is 0. The molecular formula is C16H18N4O4. The van der Waals surface area contributed by atoms with Crippen molar-refractivity contribution in [3.63, 3.8) is 0 Å². The Morgan fingerprint density at radius 2 is 1.79 bits per heavy atom. The Hall–Kier alpha value is -3.16. The van der Waals surface area contributed by atoms with Crippen LogP contribution in [-0.4, -0.2) is 50.2 Å². The molecule has 0 saturated heterocycles. The highest BCUT2D eigenvalue weighted by atomic mass is 16.4. The van der Waals surface area contributed by atoms with Gasteiger partial charge in [0.15, 0.2) is 5.69 Å². The molecule has 3 N–H and O–H groups in total. The number of rotatable bonds is 5. The summed E-state index contributed by atoms with van der Waals surface area (Å²) in [7, 11) is 1.36. The van der Waals surface area contributed by atoms with Gasteiger partial charge in [0.05, 0.1) is 5.69 Å². The maximum Gasteiger partial charge on any atom is 0.329 e. The molecule has 126 valence electrons. The fraction of sp³-hybridized carbons (Fsp3) is 0.250. The standard InChI is InChI=1S/C16H18N4O4/c1-16(2,15(23)24)19(3)14(22)11-9-12(13(17)21)20(18-11)10-7-5-4-6-8-10/h4-9H,1-3H3,(H2,17,21)(H,23,24). The number of carboxylic acid groups (broad SMARTS) is 1. The first-order chi connectivity index (χ1) is 11.2. The Kier molecular flexibility index (Phi) is 4.41. The first kappa shape index (κ1) is 17.2. The quantitative estimate of drug-likeness (QED) is 0.844. The van der Waals surface area contributed by atoms with E-state index < -0.39 is 23.3 Å². The number of nitrogens with two attached hydrogens (primary N) is 1. The predicted octanol–water partition coefficient (Wildman–Crippen LogP) is 0.906. The largest absolute Gasteiger partial charge is 0.480 e. The van der Waals surface area contributed by atoms with Gasteiger partial charge in [-0.25, -0.2) is 9.48 Å². The van der Waals surface area contributed by atoms with Crippen molar-refractivity contribution in [1.82, 2.24) is 14.7 Å². The van der Waals surface area contributed by atoms with Gasteiger partial charge in [-0.15, -0.1) is 0 Å². The van der Waals surface area contributed by atoms with Crippen LogP contribution in [0.15, 0.2) is 36.4 Å². The van der Waals surface area contributed by atoms with Crippen LogP contribution in [0, 0.1) is 0 Å². The predicted molar refractivity (Wildman–Crippen MR) is 85.9 cm³/mol. The summed E-state index contributed by atoms with van der Waals surface area (Å²) in [4.78, 5) is 36.6. The van der Waals surface area contributed by atoms with Gasteiger partial charge in [0, 0.05) is 13.1 Å². The second-order valence-electron chi connectivity index (χ2n) is 5.75. The summed E-state index contributed by atoms with van der Waals surface area (Å²) in [5, 5.41) is 13.4. The maximum absolute atomic E-state index is 12.5. The van der Waals surface area contributed by atoms with Gasteiger partial charge >= 0.3 is 5.97 Å². The molecule has 0 radical (unpaired) electrons. The molecule has 0 aliphatic carbocycles. The number of hydrogen-bond acceptors (Lipinski definition) is 4. The summed E-state index contributed by atoms with van der Waals surface area (Å²) in [5.74, 6) is -2.53. The zero-order valence-corrected chi connectivity index (χ0v) is 13.6. The SMILES string of the molecule is CN(C(=O)c1cc(C(N)=O)n(-c2ccccc2)n1)C(C)(C)C(=O)O. The summed E-state index contributed by atoms with van der Waals surface area (Å²) < 4.78 is 1.26. The highest BCUT2D eigenvalue weighted by molar-refractivity contribution is 5.99. The third-order valence-electron chi connectivity index (χ3n) is 3.85. The Bertz CT molecular complexity index is 796. The average Bonchev–Trinajstić information content (AvgIpc) is 2.99. The van der Waals surface area contributed by atoms with Crippen LogP contribution in [0.1, 0.15) is 34.8 Å². The van der Waals surface area contributed by atoms with E-state index in [1.807, 2.05) is 0 Å². The Morgan fingerprint density at radius 3 is 2.29 bits per heavy atom. The summed E-state index contributed by atoms with van der Waals surface area (Å²) >= 11 is 0. The van der Waals surface area contributed by atoms with Crippen molar-refractivity contribution < 1.29 is 19.5 Å². The van der Waals surface area contributed by atoms with Gasteiger partial charge < -0.3 is 15.7 Å². The van der Waals surface area contributed by atoms with Crippen molar-refractivity contribution in [2.24, 2.45) is 5.73 Å². The normalized spacial score (nSPS) is 11.1. The molecule has 2 aromatic rings. The van der Waals surface area contributed by atoms with E-state index in [-0.39, 0.29) is 11.4 Å². The van der Waals surface area contributed by atoms with Crippen LogP contribution in [0.4, 0.5) is 0 Å². The number of carboxylic acids is 1. The number of carbonyl (C=O) groups excluding carboxylic acids is 2. The Labute approximate surface area is 138 Å². The molecule has 0 atom stereocenters. The van der Waals surface area contributed by atoms with Crippen molar-refractivity contribution in [3.8, 4) is 5.69 Å². The van der Waals surface area contributed by atoms with Crippen LogP contribution in [0.25, 0.3) is 5.69 Å². The van der Waals surface area contributed by atoms with E-state index in [9.17, 15) is 19.5 Å². The number of benzene rings is 1. The van der Waals surface area contributed by atoms with Crippen LogP contribution in [-0.2, 0) is 4.79 Å². The lowest BCUT2D eigenvalue weighted by Crippen LogP contribution is -2.50. The van der Waals surface area contributed by atoms with Crippen molar-refractivity contribution in [1.29, 1.82) is 0 Å². The first-order valence-electron chi connectivity index (χ1n) is 7.13. The lowest BCUT2D eigenvalue weighted by Gasteiger charge is -2.30. The van der Waals surface area contributed by atoms with Gasteiger partial charge in [-0.05, 0) is 26.0 Å². The second kappa shape index (κ2) is 6.15. The number of aliphatic carboxylic acids is 1. The Balaban J connectivity index is 2.48. The number of hydrogen-bond donors (Lipinski definition) is 2. The van der Waals surface area contributed by atoms with Gasteiger partial charge in [0.1, 0.15) is 11.2 Å². The number of aromatic nitrogens is 2. The van der Waals surface area contributed by atoms with Gasteiger partial charge in [-0.2, -0.15) is 5.10 Å². The molecule has 0 aliphatic rings. The summed E-state index contributed by atoms with van der Waals surface area (Å²) in [6, 6.07) is 9.97. The number of primary amides is 1. The minimum Gasteiger partial charge on any atom is -0.480 e. The van der Waals surface area contributed by atoms with E-state index in [1.54, 1.807) is 30.3 Å². The molecule has 1 aromatic heterocycles. The zero-order chi connectivity index (χ0) is 18.1. The third-order valence-corrected chi connectivity index (χ3v) is 3.85. The number of nitrogens with zero attached hydrogens (tertiary/aromatic N) is 3. The van der Waals surface area contributed by atoms with E-state index in [1.165, 1.54) is 31.6 Å². The molecule has 1 aromatic carbocycles. The summed E-state index contributed by atoms with van der Waals surface area (Å²) in [5.41, 5.74) is 4.46. The van der Waals surface area contributed by atoms with Crippen molar-refractivity contribution in [2.75, 3.05) is 7.05 Å². The van der Waals surface area contributed by atoms with Crippen molar-refractivity contribution in [2.45, 2.75) is 19.4 Å². The highest BCUT2D eigenvalue weighted by Gasteiger charge is 2.36. The topological polar surface area (TPSA) is 119 Å². The molecular weight excluding hydrogens is 312 g/mol. The van der Waals surface area contributed by atoms with E-state index >= 15 is 0 Å². The van der Waals surface area contributed by atoms with Gasteiger partial charge in [0.25, 0.3) is 11.8 Å².